The molecule has 0 saturated carbocycles. The van der Waals surface area contributed by atoms with Crippen LogP contribution in [0.15, 0.2) is 64.2 Å². The quantitative estimate of drug-likeness (QED) is 0.161. The second-order valence-electron chi connectivity index (χ2n) is 8.32. The first-order chi connectivity index (χ1) is 18.3. The molecular weight excluding hydrogens is 548 g/mol. The molecule has 8 nitrogen and oxygen atoms in total. The van der Waals surface area contributed by atoms with E-state index in [1.165, 1.54) is 47.2 Å². The van der Waals surface area contributed by atoms with Crippen LogP contribution >= 0.6 is 34.4 Å². The summed E-state index contributed by atoms with van der Waals surface area (Å²) in [7, 11) is 1.50. The first-order valence-electron chi connectivity index (χ1n) is 11.4. The van der Waals surface area contributed by atoms with Crippen molar-refractivity contribution in [3.63, 3.8) is 0 Å². The Morgan fingerprint density at radius 2 is 1.87 bits per heavy atom. The Labute approximate surface area is 229 Å². The second-order valence-corrected chi connectivity index (χ2v) is 11.7. The minimum absolute atomic E-state index is 0.0676. The first-order valence-corrected chi connectivity index (χ1v) is 14.0. The maximum absolute atomic E-state index is 13.8. The maximum atomic E-state index is 13.8. The standard InChI is InChI=1S/C26H21FN4O4S3/c1-13-23(37-14(2)28-13)21(32)19-20(17-6-4-5-7-18(17)35-3)31(24(34)22(19)33)25-29-30-26(38-25)36-12-15-8-10-16(27)11-9-15/h4-11,20,33H,12H2,1-3H3. The number of thiazole rings is 1. The van der Waals surface area contributed by atoms with Crippen LogP contribution in [0.2, 0.25) is 0 Å². The van der Waals surface area contributed by atoms with E-state index in [1.807, 2.05) is 0 Å². The Morgan fingerprint density at radius 1 is 1.13 bits per heavy atom. The van der Waals surface area contributed by atoms with Crippen molar-refractivity contribution >= 4 is 51.3 Å². The van der Waals surface area contributed by atoms with Crippen molar-refractivity contribution in [3.8, 4) is 5.75 Å². The molecule has 0 fully saturated rings. The lowest BCUT2D eigenvalue weighted by Gasteiger charge is -2.25. The van der Waals surface area contributed by atoms with Crippen LogP contribution in [0.25, 0.3) is 0 Å². The summed E-state index contributed by atoms with van der Waals surface area (Å²) >= 11 is 3.75. The van der Waals surface area contributed by atoms with Crippen LogP contribution in [-0.2, 0) is 10.5 Å². The molecule has 1 N–H and O–H groups in total. The number of anilines is 1. The number of Topliss-reactive ketones (excluding diaryl/α,β-unsaturated/α-hetero) is 1. The molecule has 0 radical (unpaired) electrons. The van der Waals surface area contributed by atoms with Gasteiger partial charge in [0.1, 0.15) is 17.6 Å². The van der Waals surface area contributed by atoms with Crippen molar-refractivity contribution in [3.05, 3.63) is 92.4 Å². The zero-order valence-corrected chi connectivity index (χ0v) is 22.9. The van der Waals surface area contributed by atoms with Crippen LogP contribution in [0.3, 0.4) is 0 Å². The van der Waals surface area contributed by atoms with Gasteiger partial charge in [-0.2, -0.15) is 0 Å². The first kappa shape index (κ1) is 26.0. The molecule has 2 aromatic carbocycles. The number of para-hydroxylation sites is 1. The van der Waals surface area contributed by atoms with Crippen molar-refractivity contribution in [1.82, 2.24) is 15.2 Å². The van der Waals surface area contributed by atoms with Gasteiger partial charge in [-0.05, 0) is 37.6 Å². The van der Waals surface area contributed by atoms with Crippen LogP contribution in [0.1, 0.15) is 37.5 Å². The molecule has 5 rings (SSSR count). The zero-order chi connectivity index (χ0) is 27.0. The number of nitrogens with zero attached hydrogens (tertiary/aromatic N) is 4. The van der Waals surface area contributed by atoms with E-state index in [-0.39, 0.29) is 16.5 Å². The number of aliphatic hydroxyl groups is 1. The highest BCUT2D eigenvalue weighted by atomic mass is 32.2. The van der Waals surface area contributed by atoms with Gasteiger partial charge >= 0.3 is 0 Å². The van der Waals surface area contributed by atoms with E-state index in [2.05, 4.69) is 15.2 Å². The molecular formula is C26H21FN4O4S3. The van der Waals surface area contributed by atoms with E-state index < -0.39 is 23.5 Å². The maximum Gasteiger partial charge on any atom is 0.296 e. The van der Waals surface area contributed by atoms with Crippen molar-refractivity contribution in [1.29, 1.82) is 0 Å². The fourth-order valence-electron chi connectivity index (χ4n) is 4.17. The normalized spacial score (nSPS) is 15.4. The third-order valence-corrected chi connectivity index (χ3v) is 9.07. The van der Waals surface area contributed by atoms with E-state index >= 15 is 0 Å². The lowest BCUT2D eigenvalue weighted by Crippen LogP contribution is -2.31. The molecule has 0 aliphatic carbocycles. The number of ether oxygens (including phenoxy) is 1. The monoisotopic (exact) mass is 568 g/mol. The fraction of sp³-hybridized carbons (Fsp3) is 0.192. The summed E-state index contributed by atoms with van der Waals surface area (Å²) in [6.07, 6.45) is 0. The second kappa shape index (κ2) is 10.6. The van der Waals surface area contributed by atoms with Gasteiger partial charge in [0, 0.05) is 11.3 Å². The summed E-state index contributed by atoms with van der Waals surface area (Å²) in [5, 5.41) is 20.4. The van der Waals surface area contributed by atoms with Gasteiger partial charge in [0.25, 0.3) is 5.91 Å². The number of rotatable bonds is 8. The highest BCUT2D eigenvalue weighted by Gasteiger charge is 2.47. The van der Waals surface area contributed by atoms with Crippen molar-refractivity contribution in [2.45, 2.75) is 30.0 Å². The molecule has 1 unspecified atom stereocenters. The van der Waals surface area contributed by atoms with Crippen LogP contribution in [0.4, 0.5) is 9.52 Å². The van der Waals surface area contributed by atoms with Crippen LogP contribution in [0, 0.1) is 19.7 Å². The minimum Gasteiger partial charge on any atom is -0.503 e. The number of aliphatic hydroxyl groups excluding tert-OH is 1. The number of carbonyl (C=O) groups excluding carboxylic acids is 2. The zero-order valence-electron chi connectivity index (χ0n) is 20.5. The van der Waals surface area contributed by atoms with Gasteiger partial charge in [0.15, 0.2) is 10.1 Å². The molecule has 38 heavy (non-hydrogen) atoms. The highest BCUT2D eigenvalue weighted by molar-refractivity contribution is 8.00. The molecule has 1 amide bonds. The summed E-state index contributed by atoms with van der Waals surface area (Å²) in [5.74, 6) is -1.22. The van der Waals surface area contributed by atoms with Gasteiger partial charge in [-0.15, -0.1) is 21.5 Å². The molecule has 12 heteroatoms. The lowest BCUT2D eigenvalue weighted by molar-refractivity contribution is -0.117. The van der Waals surface area contributed by atoms with E-state index in [0.29, 0.717) is 37.0 Å². The molecule has 0 saturated heterocycles. The van der Waals surface area contributed by atoms with Crippen LogP contribution in [0.5, 0.6) is 5.75 Å². The number of halogens is 1. The number of thioether (sulfide) groups is 1. The van der Waals surface area contributed by atoms with Crippen molar-refractivity contribution < 1.29 is 23.8 Å². The summed E-state index contributed by atoms with van der Waals surface area (Å²) in [5.41, 5.74) is 1.88. The molecule has 194 valence electrons. The number of aromatic nitrogens is 3. The van der Waals surface area contributed by atoms with E-state index in [9.17, 15) is 19.1 Å². The molecule has 0 bridgehead atoms. The Bertz CT molecular complexity index is 1560. The van der Waals surface area contributed by atoms with E-state index in [4.69, 9.17) is 4.74 Å². The third kappa shape index (κ3) is 4.82. The third-order valence-electron chi connectivity index (χ3n) is 5.87. The number of ketones is 1. The smallest absolute Gasteiger partial charge is 0.296 e. The van der Waals surface area contributed by atoms with Crippen molar-refractivity contribution in [2.24, 2.45) is 0 Å². The highest BCUT2D eigenvalue weighted by Crippen LogP contribution is 2.46. The van der Waals surface area contributed by atoms with Gasteiger partial charge in [-0.3, -0.25) is 14.5 Å². The fourth-order valence-corrected chi connectivity index (χ4v) is 6.87. The van der Waals surface area contributed by atoms with Crippen LogP contribution in [-0.4, -0.2) is 39.1 Å². The average molecular weight is 569 g/mol. The summed E-state index contributed by atoms with van der Waals surface area (Å²) in [4.78, 5) is 33.2. The predicted octanol–water partition coefficient (Wildman–Crippen LogP) is 5.83. The molecule has 4 aromatic rings. The number of amides is 1. The van der Waals surface area contributed by atoms with E-state index in [1.54, 1.807) is 50.2 Å². The number of methoxy groups -OCH3 is 1. The number of carbonyl (C=O) groups is 2. The van der Waals surface area contributed by atoms with Crippen molar-refractivity contribution in [2.75, 3.05) is 12.0 Å². The van der Waals surface area contributed by atoms with Gasteiger partial charge in [0.2, 0.25) is 10.9 Å². The Hall–Kier alpha value is -3.61. The summed E-state index contributed by atoms with van der Waals surface area (Å²) in [6.45, 7) is 3.51. The molecule has 0 spiro atoms. The Kier molecular flexibility index (Phi) is 7.28. The van der Waals surface area contributed by atoms with Gasteiger partial charge in [0.05, 0.1) is 28.3 Å². The predicted molar refractivity (Wildman–Crippen MR) is 145 cm³/mol. The Balaban J connectivity index is 1.53. The van der Waals surface area contributed by atoms with Gasteiger partial charge < -0.3 is 9.84 Å². The van der Waals surface area contributed by atoms with Gasteiger partial charge in [-0.1, -0.05) is 53.4 Å². The molecule has 2 aromatic heterocycles. The number of benzene rings is 2. The number of hydrogen-bond donors (Lipinski definition) is 1. The Morgan fingerprint density at radius 3 is 2.55 bits per heavy atom. The number of aryl methyl sites for hydroxylation is 2. The SMILES string of the molecule is COc1ccccc1C1C(C(=O)c2sc(C)nc2C)=C(O)C(=O)N1c1nnc(SCc2ccc(F)cc2)s1. The average Bonchev–Trinajstić information content (AvgIpc) is 3.59. The molecule has 3 heterocycles. The van der Waals surface area contributed by atoms with Crippen LogP contribution < -0.4 is 9.64 Å². The molecule has 1 aliphatic heterocycles. The number of hydrogen-bond acceptors (Lipinski definition) is 10. The lowest BCUT2D eigenvalue weighted by atomic mass is 9.94. The largest absolute Gasteiger partial charge is 0.503 e. The molecule has 1 aliphatic rings. The van der Waals surface area contributed by atoms with E-state index in [0.717, 1.165) is 16.9 Å². The minimum atomic E-state index is -0.990. The summed E-state index contributed by atoms with van der Waals surface area (Å²) < 4.78 is 19.3. The summed E-state index contributed by atoms with van der Waals surface area (Å²) in [6, 6.07) is 12.2. The molecule has 1 atom stereocenters. The topological polar surface area (TPSA) is 106 Å². The van der Waals surface area contributed by atoms with Gasteiger partial charge in [-0.25, -0.2) is 9.37 Å².